The summed E-state index contributed by atoms with van der Waals surface area (Å²) in [5.41, 5.74) is 4.02. The molecule has 0 unspecified atom stereocenters. The van der Waals surface area contributed by atoms with Gasteiger partial charge in [-0.1, -0.05) is 18.2 Å². The molecule has 0 aliphatic heterocycles. The number of hydrogen-bond acceptors (Lipinski definition) is 5. The molecule has 3 N–H and O–H groups in total. The van der Waals surface area contributed by atoms with Gasteiger partial charge in [-0.05, 0) is 24.3 Å². The Kier molecular flexibility index (Phi) is 5.99. The van der Waals surface area contributed by atoms with Gasteiger partial charge in [0.2, 0.25) is 5.91 Å². The molecule has 0 atom stereocenters. The molecule has 0 aliphatic rings. The molecule has 0 spiro atoms. The number of carbonyl (C=O) groups excluding carboxylic acids is 2. The van der Waals surface area contributed by atoms with Crippen molar-refractivity contribution in [2.75, 3.05) is 5.75 Å². The summed E-state index contributed by atoms with van der Waals surface area (Å²) in [7, 11) is 0. The van der Waals surface area contributed by atoms with Crippen LogP contribution in [0.4, 0.5) is 8.78 Å². The minimum atomic E-state index is -0.956. The van der Waals surface area contributed by atoms with E-state index >= 15 is 0 Å². The van der Waals surface area contributed by atoms with Crippen LogP contribution in [0.3, 0.4) is 0 Å². The molecule has 3 aromatic rings. The molecule has 2 aromatic carbocycles. The van der Waals surface area contributed by atoms with Crippen LogP contribution in [0.15, 0.2) is 52.2 Å². The zero-order valence-electron chi connectivity index (χ0n) is 14.3. The normalized spacial score (nSPS) is 10.6. The fourth-order valence-corrected chi connectivity index (χ4v) is 3.24. The Morgan fingerprint density at radius 3 is 2.54 bits per heavy atom. The van der Waals surface area contributed by atoms with Crippen LogP contribution in [0.2, 0.25) is 0 Å². The average Bonchev–Trinajstić information content (AvgIpc) is 2.69. The standard InChI is InChI=1S/C18H14F2N4O3S/c19-13-6-5-10(9-14(13)20)28-8-7-15(25)21-24-18(27)16-11-3-1-2-4-12(11)17(26)23-22-16/h1-6,9H,7-8H2,(H,21,25)(H,23,26)(H,24,27). The Balaban J connectivity index is 1.53. The SMILES string of the molecule is O=C(CCSc1ccc(F)c(F)c1)NNC(=O)c1n[nH]c(=O)c2ccccc12. The number of halogens is 2. The molecule has 1 heterocycles. The van der Waals surface area contributed by atoms with E-state index in [4.69, 9.17) is 0 Å². The van der Waals surface area contributed by atoms with E-state index < -0.39 is 29.0 Å². The lowest BCUT2D eigenvalue weighted by Crippen LogP contribution is -2.42. The first-order valence-electron chi connectivity index (χ1n) is 8.10. The molecular formula is C18H14F2N4O3S. The Hall–Kier alpha value is -3.27. The smallest absolute Gasteiger partial charge is 0.273 e. The van der Waals surface area contributed by atoms with Crippen molar-refractivity contribution < 1.29 is 18.4 Å². The number of amides is 2. The number of hydrazine groups is 1. The van der Waals surface area contributed by atoms with Crippen LogP contribution in [-0.4, -0.2) is 27.8 Å². The van der Waals surface area contributed by atoms with Gasteiger partial charge in [-0.25, -0.2) is 13.9 Å². The van der Waals surface area contributed by atoms with Crippen LogP contribution in [0, 0.1) is 11.6 Å². The minimum absolute atomic E-state index is 0.0315. The van der Waals surface area contributed by atoms with E-state index in [0.29, 0.717) is 21.4 Å². The summed E-state index contributed by atoms with van der Waals surface area (Å²) in [6, 6.07) is 9.93. The van der Waals surface area contributed by atoms with Crippen LogP contribution in [0.25, 0.3) is 10.8 Å². The van der Waals surface area contributed by atoms with E-state index in [1.165, 1.54) is 17.8 Å². The number of fused-ring (bicyclic) bond motifs is 1. The lowest BCUT2D eigenvalue weighted by atomic mass is 10.1. The molecule has 3 rings (SSSR count). The van der Waals surface area contributed by atoms with Crippen molar-refractivity contribution in [1.29, 1.82) is 0 Å². The highest BCUT2D eigenvalue weighted by Gasteiger charge is 2.14. The molecule has 144 valence electrons. The van der Waals surface area contributed by atoms with E-state index in [0.717, 1.165) is 12.1 Å². The Bertz CT molecular complexity index is 1100. The minimum Gasteiger partial charge on any atom is -0.273 e. The Morgan fingerprint density at radius 1 is 1.04 bits per heavy atom. The third-order valence-electron chi connectivity index (χ3n) is 3.72. The molecule has 0 saturated heterocycles. The molecule has 2 amide bonds. The second kappa shape index (κ2) is 8.61. The number of nitrogens with zero attached hydrogens (tertiary/aromatic N) is 1. The predicted octanol–water partition coefficient (Wildman–Crippen LogP) is 2.14. The van der Waals surface area contributed by atoms with E-state index in [1.807, 2.05) is 0 Å². The Labute approximate surface area is 161 Å². The first-order chi connectivity index (χ1) is 13.5. The van der Waals surface area contributed by atoms with Gasteiger partial charge in [-0.3, -0.25) is 25.2 Å². The molecule has 0 aliphatic carbocycles. The molecule has 0 fully saturated rings. The van der Waals surface area contributed by atoms with Crippen LogP contribution in [0.5, 0.6) is 0 Å². The number of hydrogen-bond donors (Lipinski definition) is 3. The van der Waals surface area contributed by atoms with Crippen molar-refractivity contribution in [3.63, 3.8) is 0 Å². The largest absolute Gasteiger partial charge is 0.290 e. The third kappa shape index (κ3) is 4.52. The van der Waals surface area contributed by atoms with Gasteiger partial charge < -0.3 is 0 Å². The van der Waals surface area contributed by atoms with Crippen molar-refractivity contribution in [3.05, 3.63) is 70.1 Å². The molecule has 0 radical (unpaired) electrons. The molecule has 10 heteroatoms. The van der Waals surface area contributed by atoms with Gasteiger partial charge in [0.05, 0.1) is 5.39 Å². The maximum atomic E-state index is 13.1. The van der Waals surface area contributed by atoms with E-state index in [2.05, 4.69) is 21.0 Å². The van der Waals surface area contributed by atoms with Crippen LogP contribution < -0.4 is 16.4 Å². The lowest BCUT2D eigenvalue weighted by molar-refractivity contribution is -0.121. The van der Waals surface area contributed by atoms with Crippen LogP contribution in [0.1, 0.15) is 16.9 Å². The number of H-pyrrole nitrogens is 1. The summed E-state index contributed by atoms with van der Waals surface area (Å²) in [6.07, 6.45) is 0.0315. The van der Waals surface area contributed by atoms with E-state index in [-0.39, 0.29) is 12.1 Å². The van der Waals surface area contributed by atoms with Gasteiger partial charge in [0.1, 0.15) is 0 Å². The average molecular weight is 404 g/mol. The highest BCUT2D eigenvalue weighted by Crippen LogP contribution is 2.20. The van der Waals surface area contributed by atoms with Gasteiger partial charge in [0.25, 0.3) is 11.5 Å². The predicted molar refractivity (Wildman–Crippen MR) is 99.7 cm³/mol. The summed E-state index contributed by atoms with van der Waals surface area (Å²) < 4.78 is 26.0. The first kappa shape index (κ1) is 19.5. The van der Waals surface area contributed by atoms with Gasteiger partial charge in [0, 0.05) is 22.5 Å². The summed E-state index contributed by atoms with van der Waals surface area (Å²) in [6.45, 7) is 0. The van der Waals surface area contributed by atoms with Crippen LogP contribution in [-0.2, 0) is 4.79 Å². The number of aromatic amines is 1. The number of rotatable bonds is 5. The second-order valence-corrected chi connectivity index (χ2v) is 6.79. The lowest BCUT2D eigenvalue weighted by Gasteiger charge is -2.08. The zero-order valence-corrected chi connectivity index (χ0v) is 15.1. The number of nitrogens with one attached hydrogen (secondary N) is 3. The van der Waals surface area contributed by atoms with Gasteiger partial charge >= 0.3 is 0 Å². The number of benzene rings is 2. The zero-order chi connectivity index (χ0) is 20.1. The first-order valence-corrected chi connectivity index (χ1v) is 9.08. The molecule has 0 saturated carbocycles. The third-order valence-corrected chi connectivity index (χ3v) is 4.71. The number of aromatic nitrogens is 2. The fraction of sp³-hybridized carbons (Fsp3) is 0.111. The number of carbonyl (C=O) groups is 2. The maximum Gasteiger partial charge on any atom is 0.290 e. The van der Waals surface area contributed by atoms with Gasteiger partial charge in [0.15, 0.2) is 17.3 Å². The van der Waals surface area contributed by atoms with Gasteiger partial charge in [-0.15, -0.1) is 11.8 Å². The molecule has 7 nitrogen and oxygen atoms in total. The Morgan fingerprint density at radius 2 is 1.79 bits per heavy atom. The second-order valence-electron chi connectivity index (χ2n) is 5.62. The fourth-order valence-electron chi connectivity index (χ4n) is 2.36. The monoisotopic (exact) mass is 404 g/mol. The summed E-state index contributed by atoms with van der Waals surface area (Å²) in [4.78, 5) is 36.3. The highest BCUT2D eigenvalue weighted by molar-refractivity contribution is 7.99. The molecule has 28 heavy (non-hydrogen) atoms. The van der Waals surface area contributed by atoms with Crippen molar-refractivity contribution >= 4 is 34.3 Å². The summed E-state index contributed by atoms with van der Waals surface area (Å²) in [5.74, 6) is -2.76. The van der Waals surface area contributed by atoms with E-state index in [9.17, 15) is 23.2 Å². The van der Waals surface area contributed by atoms with Crippen molar-refractivity contribution in [2.45, 2.75) is 11.3 Å². The summed E-state index contributed by atoms with van der Waals surface area (Å²) in [5, 5.41) is 6.62. The quantitative estimate of drug-likeness (QED) is 0.447. The van der Waals surface area contributed by atoms with Crippen molar-refractivity contribution in [3.8, 4) is 0 Å². The van der Waals surface area contributed by atoms with Crippen molar-refractivity contribution in [2.24, 2.45) is 0 Å². The molecule has 1 aromatic heterocycles. The maximum absolute atomic E-state index is 13.1. The van der Waals surface area contributed by atoms with Gasteiger partial charge in [-0.2, -0.15) is 5.10 Å². The molecular weight excluding hydrogens is 390 g/mol. The van der Waals surface area contributed by atoms with Crippen molar-refractivity contribution in [1.82, 2.24) is 21.0 Å². The summed E-state index contributed by atoms with van der Waals surface area (Å²) >= 11 is 1.17. The highest BCUT2D eigenvalue weighted by atomic mass is 32.2. The molecule has 0 bridgehead atoms. The number of thioether (sulfide) groups is 1. The topological polar surface area (TPSA) is 104 Å². The van der Waals surface area contributed by atoms with E-state index in [1.54, 1.807) is 24.3 Å². The van der Waals surface area contributed by atoms with Crippen LogP contribution >= 0.6 is 11.8 Å².